The molecule has 1 aromatic heterocycles. The van der Waals surface area contributed by atoms with Crippen molar-refractivity contribution in [3.63, 3.8) is 0 Å². The second kappa shape index (κ2) is 9.84. The summed E-state index contributed by atoms with van der Waals surface area (Å²) in [6.45, 7) is 3.21. The third-order valence-electron chi connectivity index (χ3n) is 4.80. The molecular formula is C20H24FN3O5S2. The van der Waals surface area contributed by atoms with Crippen LogP contribution in [0.1, 0.15) is 38.8 Å². The molecule has 1 unspecified atom stereocenters. The molecule has 11 heteroatoms. The summed E-state index contributed by atoms with van der Waals surface area (Å²) in [5.74, 6) is -1.60. The van der Waals surface area contributed by atoms with Gasteiger partial charge in [0.2, 0.25) is 15.9 Å². The Bertz CT molecular complexity index is 1060. The quantitative estimate of drug-likeness (QED) is 0.551. The standard InChI is InChI=1S/C20H24FN3O5S2/c1-3-11-31(27,28)23-10-6-9-18(23)19(26)29-12-15-13-30-20(22-15)24(14(2)25)17-8-5-4-7-16(17)21/h4-5,7-8,13,18H,3,6,9-12H2,1-2H3. The van der Waals surface area contributed by atoms with Gasteiger partial charge >= 0.3 is 5.97 Å². The van der Waals surface area contributed by atoms with Crippen LogP contribution in [0, 0.1) is 5.82 Å². The number of para-hydroxylation sites is 1. The molecule has 0 N–H and O–H groups in total. The maximum absolute atomic E-state index is 14.2. The number of hydrogen-bond acceptors (Lipinski definition) is 7. The van der Waals surface area contributed by atoms with Crippen LogP contribution < -0.4 is 4.90 Å². The summed E-state index contributed by atoms with van der Waals surface area (Å²) in [7, 11) is -3.50. The van der Waals surface area contributed by atoms with Gasteiger partial charge in [-0.3, -0.25) is 14.5 Å². The summed E-state index contributed by atoms with van der Waals surface area (Å²) in [6.07, 6.45) is 1.48. The van der Waals surface area contributed by atoms with Crippen molar-refractivity contribution >= 4 is 44.1 Å². The van der Waals surface area contributed by atoms with E-state index in [1.54, 1.807) is 18.4 Å². The van der Waals surface area contributed by atoms with E-state index in [9.17, 15) is 22.4 Å². The van der Waals surface area contributed by atoms with Gasteiger partial charge < -0.3 is 4.74 Å². The number of anilines is 2. The number of amides is 1. The Morgan fingerprint density at radius 3 is 2.77 bits per heavy atom. The van der Waals surface area contributed by atoms with Gasteiger partial charge in [0.25, 0.3) is 0 Å². The number of thiazole rings is 1. The van der Waals surface area contributed by atoms with Crippen LogP contribution in [-0.2, 0) is 31.0 Å². The number of hydrogen-bond donors (Lipinski definition) is 0. The van der Waals surface area contributed by atoms with Crippen LogP contribution in [0.3, 0.4) is 0 Å². The molecule has 0 spiro atoms. The van der Waals surface area contributed by atoms with Gasteiger partial charge in [0, 0.05) is 18.8 Å². The number of aromatic nitrogens is 1. The SMILES string of the molecule is CCCS(=O)(=O)N1CCCC1C(=O)OCc1csc(N(C(C)=O)c2ccccc2F)n1. The van der Waals surface area contributed by atoms with Crippen LogP contribution in [0.15, 0.2) is 29.6 Å². The van der Waals surface area contributed by atoms with Gasteiger partial charge in [0.05, 0.1) is 17.1 Å². The normalized spacial score (nSPS) is 16.9. The van der Waals surface area contributed by atoms with E-state index in [-0.39, 0.29) is 23.2 Å². The van der Waals surface area contributed by atoms with Gasteiger partial charge in [-0.25, -0.2) is 17.8 Å². The van der Waals surface area contributed by atoms with Crippen LogP contribution in [0.25, 0.3) is 0 Å². The number of ether oxygens (including phenoxy) is 1. The number of rotatable bonds is 8. The van der Waals surface area contributed by atoms with E-state index in [4.69, 9.17) is 4.74 Å². The van der Waals surface area contributed by atoms with Crippen molar-refractivity contribution in [2.75, 3.05) is 17.2 Å². The first-order valence-electron chi connectivity index (χ1n) is 9.90. The molecule has 0 saturated carbocycles. The van der Waals surface area contributed by atoms with E-state index in [1.807, 2.05) is 0 Å². The minimum absolute atomic E-state index is 0.0108. The maximum atomic E-state index is 14.2. The smallest absolute Gasteiger partial charge is 0.324 e. The molecule has 1 aliphatic rings. The first kappa shape index (κ1) is 23.3. The molecule has 0 bridgehead atoms. The monoisotopic (exact) mass is 469 g/mol. The topological polar surface area (TPSA) is 96.9 Å². The highest BCUT2D eigenvalue weighted by Gasteiger charge is 2.39. The summed E-state index contributed by atoms with van der Waals surface area (Å²) < 4.78 is 45.4. The fraction of sp³-hybridized carbons (Fsp3) is 0.450. The van der Waals surface area contributed by atoms with Crippen molar-refractivity contribution in [3.05, 3.63) is 41.2 Å². The number of nitrogens with zero attached hydrogens (tertiary/aromatic N) is 3. The predicted octanol–water partition coefficient (Wildman–Crippen LogP) is 3.21. The second-order valence-corrected chi connectivity index (χ2v) is 10.00. The Kier molecular flexibility index (Phi) is 7.39. The predicted molar refractivity (Wildman–Crippen MR) is 115 cm³/mol. The lowest BCUT2D eigenvalue weighted by atomic mass is 10.2. The van der Waals surface area contributed by atoms with E-state index in [0.717, 1.165) is 16.2 Å². The lowest BCUT2D eigenvalue weighted by Crippen LogP contribution is -2.42. The van der Waals surface area contributed by atoms with Gasteiger partial charge in [0.1, 0.15) is 18.5 Å². The number of halogens is 1. The third-order valence-corrected chi connectivity index (χ3v) is 7.75. The number of benzene rings is 1. The average Bonchev–Trinajstić information content (AvgIpc) is 3.38. The Morgan fingerprint density at radius 2 is 2.10 bits per heavy atom. The summed E-state index contributed by atoms with van der Waals surface area (Å²) in [6, 6.07) is 5.04. The van der Waals surface area contributed by atoms with Gasteiger partial charge in [0.15, 0.2) is 5.13 Å². The molecule has 0 radical (unpaired) electrons. The van der Waals surface area contributed by atoms with Crippen LogP contribution in [-0.4, -0.2) is 47.9 Å². The van der Waals surface area contributed by atoms with Crippen LogP contribution >= 0.6 is 11.3 Å². The molecule has 8 nitrogen and oxygen atoms in total. The Labute approximate surface area is 184 Å². The molecule has 2 heterocycles. The number of carbonyl (C=O) groups excluding carboxylic acids is 2. The first-order valence-corrected chi connectivity index (χ1v) is 12.4. The number of carbonyl (C=O) groups is 2. The van der Waals surface area contributed by atoms with Gasteiger partial charge in [-0.2, -0.15) is 4.31 Å². The molecule has 1 aromatic carbocycles. The third kappa shape index (κ3) is 5.28. The average molecular weight is 470 g/mol. The second-order valence-electron chi connectivity index (χ2n) is 7.12. The highest BCUT2D eigenvalue weighted by atomic mass is 32.2. The van der Waals surface area contributed by atoms with Crippen LogP contribution in [0.5, 0.6) is 0 Å². The highest BCUT2D eigenvalue weighted by Crippen LogP contribution is 2.31. The largest absolute Gasteiger partial charge is 0.458 e. The van der Waals surface area contributed by atoms with Gasteiger partial charge in [-0.05, 0) is 31.4 Å². The zero-order valence-electron chi connectivity index (χ0n) is 17.3. The molecule has 0 aliphatic carbocycles. The maximum Gasteiger partial charge on any atom is 0.324 e. The number of sulfonamides is 1. The van der Waals surface area contributed by atoms with Crippen molar-refractivity contribution in [1.29, 1.82) is 0 Å². The molecule has 1 atom stereocenters. The minimum atomic E-state index is -3.50. The van der Waals surface area contributed by atoms with Crippen LogP contribution in [0.4, 0.5) is 15.2 Å². The minimum Gasteiger partial charge on any atom is -0.458 e. The molecule has 2 aromatic rings. The van der Waals surface area contributed by atoms with E-state index < -0.39 is 33.8 Å². The van der Waals surface area contributed by atoms with E-state index in [2.05, 4.69) is 4.98 Å². The summed E-state index contributed by atoms with van der Waals surface area (Å²) >= 11 is 1.11. The molecule has 168 valence electrons. The molecule has 1 amide bonds. The lowest BCUT2D eigenvalue weighted by molar-refractivity contribution is -0.148. The number of esters is 1. The summed E-state index contributed by atoms with van der Waals surface area (Å²) in [5, 5.41) is 1.86. The van der Waals surface area contributed by atoms with Crippen molar-refractivity contribution in [1.82, 2.24) is 9.29 Å². The molecular weight excluding hydrogens is 445 g/mol. The zero-order valence-corrected chi connectivity index (χ0v) is 18.9. The molecule has 1 fully saturated rings. The summed E-state index contributed by atoms with van der Waals surface area (Å²) in [4.78, 5) is 30.1. The van der Waals surface area contributed by atoms with E-state index >= 15 is 0 Å². The fourth-order valence-electron chi connectivity index (χ4n) is 3.43. The first-order chi connectivity index (χ1) is 14.7. The molecule has 1 saturated heterocycles. The molecule has 1 aliphatic heterocycles. The van der Waals surface area contributed by atoms with E-state index in [1.165, 1.54) is 29.4 Å². The highest BCUT2D eigenvalue weighted by molar-refractivity contribution is 7.89. The Hall–Kier alpha value is -2.37. The van der Waals surface area contributed by atoms with Crippen molar-refractivity contribution in [2.24, 2.45) is 0 Å². The fourth-order valence-corrected chi connectivity index (χ4v) is 6.03. The molecule has 31 heavy (non-hydrogen) atoms. The van der Waals surface area contributed by atoms with Crippen molar-refractivity contribution in [3.8, 4) is 0 Å². The van der Waals surface area contributed by atoms with Gasteiger partial charge in [-0.1, -0.05) is 19.1 Å². The summed E-state index contributed by atoms with van der Waals surface area (Å²) in [5.41, 5.74) is 0.465. The lowest BCUT2D eigenvalue weighted by Gasteiger charge is -2.22. The van der Waals surface area contributed by atoms with E-state index in [0.29, 0.717) is 31.5 Å². The Balaban J connectivity index is 1.69. The Morgan fingerprint density at radius 1 is 1.35 bits per heavy atom. The van der Waals surface area contributed by atoms with Crippen LogP contribution in [0.2, 0.25) is 0 Å². The van der Waals surface area contributed by atoms with Crippen molar-refractivity contribution < 1.29 is 27.1 Å². The van der Waals surface area contributed by atoms with Crippen molar-refractivity contribution in [2.45, 2.75) is 45.8 Å². The zero-order chi connectivity index (χ0) is 22.6. The van der Waals surface area contributed by atoms with Gasteiger partial charge in [-0.15, -0.1) is 11.3 Å². The molecule has 3 rings (SSSR count).